The van der Waals surface area contributed by atoms with Crippen molar-refractivity contribution in [1.29, 1.82) is 0 Å². The molecule has 2 aromatic heterocycles. The van der Waals surface area contributed by atoms with Crippen LogP contribution in [0.25, 0.3) is 5.78 Å². The number of rotatable bonds is 7. The van der Waals surface area contributed by atoms with Crippen molar-refractivity contribution in [1.82, 2.24) is 24.5 Å². The molecule has 2 aromatic carbocycles. The van der Waals surface area contributed by atoms with Crippen LogP contribution in [-0.4, -0.2) is 63.5 Å². The zero-order chi connectivity index (χ0) is 28.0. The molecule has 2 aliphatic rings. The predicted molar refractivity (Wildman–Crippen MR) is 152 cm³/mol. The number of β-lactam (4-membered cyclic amide) rings is 1. The third kappa shape index (κ3) is 4.48. The Kier molecular flexibility index (Phi) is 6.92. The number of thioether (sulfide) groups is 1. The number of aromatic nitrogens is 4. The van der Waals surface area contributed by atoms with E-state index in [-0.39, 0.29) is 29.8 Å². The molecule has 2 atom stereocenters. The Hall–Kier alpha value is -3.97. The number of ether oxygens (including phenoxy) is 1. The number of nitrogens with two attached hydrogens (primary N) is 1. The van der Waals surface area contributed by atoms with Gasteiger partial charge in [0.25, 0.3) is 5.78 Å². The summed E-state index contributed by atoms with van der Waals surface area (Å²) in [6.07, 6.45) is -0.715. The van der Waals surface area contributed by atoms with E-state index in [1.54, 1.807) is 13.0 Å². The van der Waals surface area contributed by atoms with E-state index >= 15 is 0 Å². The molecule has 12 heteroatoms. The van der Waals surface area contributed by atoms with Crippen molar-refractivity contribution in [2.45, 2.75) is 31.1 Å². The van der Waals surface area contributed by atoms with Crippen molar-refractivity contribution >= 4 is 46.5 Å². The van der Waals surface area contributed by atoms with Crippen molar-refractivity contribution in [2.75, 3.05) is 5.75 Å². The predicted octanol–water partition coefficient (Wildman–Crippen LogP) is 2.47. The van der Waals surface area contributed by atoms with Crippen molar-refractivity contribution in [3.63, 3.8) is 0 Å². The summed E-state index contributed by atoms with van der Waals surface area (Å²) < 4.78 is 7.61. The third-order valence-electron chi connectivity index (χ3n) is 6.76. The van der Waals surface area contributed by atoms with E-state index in [1.807, 2.05) is 60.7 Å². The van der Waals surface area contributed by atoms with Gasteiger partial charge in [-0.25, -0.2) is 9.78 Å². The van der Waals surface area contributed by atoms with Crippen LogP contribution in [0.5, 0.6) is 0 Å². The highest BCUT2D eigenvalue weighted by Crippen LogP contribution is 2.42. The van der Waals surface area contributed by atoms with Crippen molar-refractivity contribution < 1.29 is 19.4 Å². The van der Waals surface area contributed by atoms with Gasteiger partial charge in [-0.2, -0.15) is 9.50 Å². The smallest absolute Gasteiger partial charge is 0.356 e. The third-order valence-corrected chi connectivity index (χ3v) is 8.52. The lowest BCUT2D eigenvalue weighted by Crippen LogP contribution is -2.68. The second-order valence-electron chi connectivity index (χ2n) is 9.38. The number of aliphatic hydroxyl groups excluding tert-OH is 1. The fraction of sp³-hybridized carbons (Fsp3) is 0.214. The highest BCUT2D eigenvalue weighted by molar-refractivity contribution is 8.00. The van der Waals surface area contributed by atoms with Crippen LogP contribution in [0.3, 0.4) is 0 Å². The summed E-state index contributed by atoms with van der Waals surface area (Å²) >= 11 is 7.36. The Morgan fingerprint density at radius 1 is 1.15 bits per heavy atom. The average Bonchev–Trinajstić information content (AvgIpc) is 3.41. The monoisotopic (exact) mass is 572 g/mol. The van der Waals surface area contributed by atoms with Gasteiger partial charge in [0.15, 0.2) is 11.9 Å². The van der Waals surface area contributed by atoms with Crippen LogP contribution in [0, 0.1) is 6.92 Å². The van der Waals surface area contributed by atoms with Gasteiger partial charge in [-0.15, -0.1) is 16.9 Å². The summed E-state index contributed by atoms with van der Waals surface area (Å²) in [5.41, 5.74) is 9.27. The lowest BCUT2D eigenvalue weighted by atomic mass is 9.99. The molecule has 1 unspecified atom stereocenters. The first-order chi connectivity index (χ1) is 19.4. The standard InChI is InChI=1S/C28H24N6O4S2/c1-15-12-19(34-28(30-15)31-20(13-35)32-34)24(39)18-14-40-26-21(29)25(36)33(26)22(18)27(37)38-23(16-8-4-2-5-9-16)17-10-6-3-7-11-17/h2-12,21,23,26,35H,13-14,29H2,1H3/t21?,26-/m0/s1. The van der Waals surface area contributed by atoms with E-state index in [1.165, 1.54) is 21.2 Å². The van der Waals surface area contributed by atoms with E-state index in [0.29, 0.717) is 27.6 Å². The fourth-order valence-corrected chi connectivity index (χ4v) is 6.54. The van der Waals surface area contributed by atoms with Crippen LogP contribution < -0.4 is 5.73 Å². The largest absolute Gasteiger partial charge is 0.448 e. The molecule has 0 bridgehead atoms. The molecule has 3 N–H and O–H groups in total. The molecule has 0 aliphatic carbocycles. The summed E-state index contributed by atoms with van der Waals surface area (Å²) in [4.78, 5) is 37.4. The van der Waals surface area contributed by atoms with Crippen LogP contribution in [0.1, 0.15) is 34.4 Å². The van der Waals surface area contributed by atoms with Gasteiger partial charge in [-0.05, 0) is 24.1 Å². The SMILES string of the molecule is Cc1cc(C(=S)C2=C(C(=O)OC(c3ccccc3)c3ccccc3)N3C(=O)C(N)[C@@H]3SC2)n2nc(CO)nc2n1. The average molecular weight is 573 g/mol. The lowest BCUT2D eigenvalue weighted by Gasteiger charge is -2.48. The Morgan fingerprint density at radius 3 is 2.42 bits per heavy atom. The molecule has 2 aliphatic heterocycles. The number of carbonyl (C=O) groups excluding carboxylic acids is 2. The maximum atomic E-state index is 14.1. The van der Waals surface area contributed by atoms with E-state index in [9.17, 15) is 14.7 Å². The zero-order valence-corrected chi connectivity index (χ0v) is 22.9. The quantitative estimate of drug-likeness (QED) is 0.147. The van der Waals surface area contributed by atoms with E-state index in [0.717, 1.165) is 11.1 Å². The second kappa shape index (κ2) is 10.5. The summed E-state index contributed by atoms with van der Waals surface area (Å²) in [7, 11) is 0. The van der Waals surface area contributed by atoms with Crippen molar-refractivity contribution in [3.8, 4) is 0 Å². The summed E-state index contributed by atoms with van der Waals surface area (Å²) in [6.45, 7) is 1.42. The van der Waals surface area contributed by atoms with Gasteiger partial charge in [0.1, 0.15) is 23.7 Å². The molecular formula is C28H24N6O4S2. The molecule has 10 nitrogen and oxygen atoms in total. The number of amides is 1. The van der Waals surface area contributed by atoms with Gasteiger partial charge >= 0.3 is 5.97 Å². The Bertz CT molecular complexity index is 1630. The minimum Gasteiger partial charge on any atom is -0.448 e. The molecule has 1 amide bonds. The zero-order valence-electron chi connectivity index (χ0n) is 21.3. The molecule has 4 heterocycles. The van der Waals surface area contributed by atoms with E-state index in [4.69, 9.17) is 22.7 Å². The Labute approximate surface area is 238 Å². The Balaban J connectivity index is 1.46. The van der Waals surface area contributed by atoms with Crippen LogP contribution in [0.2, 0.25) is 0 Å². The number of thiocarbonyl (C=S) groups is 1. The van der Waals surface area contributed by atoms with Crippen molar-refractivity contribution in [3.05, 3.63) is 106 Å². The maximum Gasteiger partial charge on any atom is 0.356 e. The molecule has 0 saturated carbocycles. The van der Waals surface area contributed by atoms with Crippen LogP contribution in [0.15, 0.2) is 78.0 Å². The minimum absolute atomic E-state index is 0.0717. The summed E-state index contributed by atoms with van der Waals surface area (Å²) in [5.74, 6) is -0.275. The number of fused-ring (bicyclic) bond motifs is 2. The van der Waals surface area contributed by atoms with Gasteiger partial charge < -0.3 is 15.6 Å². The first-order valence-corrected chi connectivity index (χ1v) is 14.0. The second-order valence-corrected chi connectivity index (χ2v) is 10.9. The molecule has 1 saturated heterocycles. The van der Waals surface area contributed by atoms with Crippen LogP contribution in [-0.2, 0) is 20.9 Å². The van der Waals surface area contributed by atoms with Gasteiger partial charge in [-0.3, -0.25) is 9.69 Å². The fourth-order valence-electron chi connectivity index (χ4n) is 4.84. The molecule has 4 aromatic rings. The lowest BCUT2D eigenvalue weighted by molar-refractivity contribution is -0.153. The highest BCUT2D eigenvalue weighted by Gasteiger charge is 2.53. The first kappa shape index (κ1) is 26.3. The number of benzene rings is 2. The number of hydrogen-bond donors (Lipinski definition) is 2. The minimum atomic E-state index is -0.723. The Morgan fingerprint density at radius 2 is 1.80 bits per heavy atom. The number of nitrogens with zero attached hydrogens (tertiary/aromatic N) is 5. The first-order valence-electron chi connectivity index (χ1n) is 12.5. The van der Waals surface area contributed by atoms with Gasteiger partial charge in [0.05, 0.1) is 10.6 Å². The molecular weight excluding hydrogens is 548 g/mol. The van der Waals surface area contributed by atoms with Crippen LogP contribution >= 0.6 is 24.0 Å². The maximum absolute atomic E-state index is 14.1. The summed E-state index contributed by atoms with van der Waals surface area (Å²) in [6, 6.07) is 19.8. The summed E-state index contributed by atoms with van der Waals surface area (Å²) in [5, 5.41) is 13.5. The van der Waals surface area contributed by atoms with Gasteiger partial charge in [-0.1, -0.05) is 72.9 Å². The highest BCUT2D eigenvalue weighted by atomic mass is 32.2. The van der Waals surface area contributed by atoms with Crippen LogP contribution in [0.4, 0.5) is 0 Å². The number of carbonyl (C=O) groups is 2. The van der Waals surface area contributed by atoms with Crippen molar-refractivity contribution in [2.24, 2.45) is 5.73 Å². The number of hydrogen-bond acceptors (Lipinski definition) is 10. The van der Waals surface area contributed by atoms with E-state index < -0.39 is 23.5 Å². The normalized spacial score (nSPS) is 18.6. The van der Waals surface area contributed by atoms with Gasteiger partial charge in [0, 0.05) is 17.0 Å². The van der Waals surface area contributed by atoms with Gasteiger partial charge in [0.2, 0.25) is 5.91 Å². The molecule has 0 radical (unpaired) electrons. The molecule has 6 rings (SSSR count). The number of esters is 1. The molecule has 202 valence electrons. The topological polar surface area (TPSA) is 136 Å². The van der Waals surface area contributed by atoms with E-state index in [2.05, 4.69) is 15.1 Å². The number of aryl methyl sites for hydroxylation is 1. The molecule has 1 fully saturated rings. The number of aliphatic hydroxyl groups is 1. The molecule has 40 heavy (non-hydrogen) atoms. The molecule has 0 spiro atoms.